The van der Waals surface area contributed by atoms with Gasteiger partial charge in [0, 0.05) is 25.5 Å². The monoisotopic (exact) mass is 275 g/mol. The lowest BCUT2D eigenvalue weighted by molar-refractivity contribution is -0.113. The summed E-state index contributed by atoms with van der Waals surface area (Å²) in [6.45, 7) is 2.96. The molecule has 5 nitrogen and oxygen atoms in total. The van der Waals surface area contributed by atoms with Gasteiger partial charge >= 0.3 is 0 Å². The van der Waals surface area contributed by atoms with Crippen molar-refractivity contribution in [2.24, 2.45) is 4.99 Å². The molecule has 0 aromatic carbocycles. The van der Waals surface area contributed by atoms with Crippen molar-refractivity contribution < 1.29 is 9.53 Å². The molecule has 3 rings (SSSR count). The van der Waals surface area contributed by atoms with Gasteiger partial charge in [0.25, 0.3) is 5.91 Å². The van der Waals surface area contributed by atoms with Gasteiger partial charge in [-0.25, -0.2) is 0 Å². The van der Waals surface area contributed by atoms with Gasteiger partial charge in [0.05, 0.1) is 18.1 Å². The highest BCUT2D eigenvalue weighted by atomic mass is 32.2. The number of rotatable bonds is 1. The molecule has 0 unspecified atom stereocenters. The molecule has 0 atom stereocenters. The number of carbonyl (C=O) groups excluding carboxylic acids is 1. The Labute approximate surface area is 115 Å². The molecular formula is C13H13N3O2S. The summed E-state index contributed by atoms with van der Waals surface area (Å²) in [5.41, 5.74) is 0.914. The summed E-state index contributed by atoms with van der Waals surface area (Å²) in [7, 11) is 0. The maximum absolute atomic E-state index is 11.9. The zero-order chi connectivity index (χ0) is 13.1. The number of pyridine rings is 1. The van der Waals surface area contributed by atoms with E-state index in [2.05, 4.69) is 14.9 Å². The van der Waals surface area contributed by atoms with Crippen molar-refractivity contribution in [1.29, 1.82) is 0 Å². The quantitative estimate of drug-likeness (QED) is 0.725. The van der Waals surface area contributed by atoms with E-state index in [0.29, 0.717) is 18.1 Å². The van der Waals surface area contributed by atoms with Gasteiger partial charge in [-0.1, -0.05) is 6.07 Å². The molecule has 0 bridgehead atoms. The van der Waals surface area contributed by atoms with Gasteiger partial charge in [0.1, 0.15) is 0 Å². The Morgan fingerprint density at radius 3 is 2.95 bits per heavy atom. The molecule has 1 amide bonds. The van der Waals surface area contributed by atoms with Crippen LogP contribution in [0.5, 0.6) is 0 Å². The number of morpholine rings is 1. The van der Waals surface area contributed by atoms with E-state index in [1.165, 1.54) is 11.8 Å². The van der Waals surface area contributed by atoms with Crippen molar-refractivity contribution in [3.8, 4) is 0 Å². The molecule has 2 aliphatic heterocycles. The fourth-order valence-electron chi connectivity index (χ4n) is 1.90. The Morgan fingerprint density at radius 2 is 2.21 bits per heavy atom. The van der Waals surface area contributed by atoms with Crippen LogP contribution in [0.3, 0.4) is 0 Å². The van der Waals surface area contributed by atoms with Crippen LogP contribution >= 0.6 is 11.8 Å². The largest absolute Gasteiger partial charge is 0.378 e. The fourth-order valence-corrected chi connectivity index (χ4v) is 2.87. The van der Waals surface area contributed by atoms with Crippen molar-refractivity contribution in [1.82, 2.24) is 9.88 Å². The number of amides is 1. The molecule has 0 aliphatic carbocycles. The summed E-state index contributed by atoms with van der Waals surface area (Å²) >= 11 is 1.42. The van der Waals surface area contributed by atoms with Crippen LogP contribution in [-0.2, 0) is 9.53 Å². The van der Waals surface area contributed by atoms with E-state index in [1.807, 2.05) is 18.2 Å². The van der Waals surface area contributed by atoms with Crippen molar-refractivity contribution in [2.75, 3.05) is 26.3 Å². The second-order valence-electron chi connectivity index (χ2n) is 4.20. The average molecular weight is 275 g/mol. The van der Waals surface area contributed by atoms with Crippen LogP contribution in [0.25, 0.3) is 6.08 Å². The first kappa shape index (κ1) is 12.4. The summed E-state index contributed by atoms with van der Waals surface area (Å²) in [5.74, 6) is -0.171. The highest BCUT2D eigenvalue weighted by molar-refractivity contribution is 8.18. The van der Waals surface area contributed by atoms with E-state index in [0.717, 1.165) is 23.8 Å². The van der Waals surface area contributed by atoms with Gasteiger partial charge in [-0.05, 0) is 29.5 Å². The number of hydrogen-bond donors (Lipinski definition) is 0. The third-order valence-electron chi connectivity index (χ3n) is 2.87. The first-order valence-corrected chi connectivity index (χ1v) is 6.90. The molecule has 1 fully saturated rings. The van der Waals surface area contributed by atoms with Crippen molar-refractivity contribution >= 4 is 28.9 Å². The van der Waals surface area contributed by atoms with Gasteiger partial charge in [0.2, 0.25) is 0 Å². The highest BCUT2D eigenvalue weighted by Gasteiger charge is 2.26. The van der Waals surface area contributed by atoms with Gasteiger partial charge < -0.3 is 9.64 Å². The van der Waals surface area contributed by atoms with E-state index in [9.17, 15) is 4.79 Å². The maximum Gasteiger partial charge on any atom is 0.286 e. The van der Waals surface area contributed by atoms with Crippen LogP contribution < -0.4 is 0 Å². The molecule has 1 saturated heterocycles. The Bertz CT molecular complexity index is 536. The highest BCUT2D eigenvalue weighted by Crippen LogP contribution is 2.30. The van der Waals surface area contributed by atoms with E-state index in [-0.39, 0.29) is 5.91 Å². The van der Waals surface area contributed by atoms with Crippen LogP contribution in [0.15, 0.2) is 34.4 Å². The van der Waals surface area contributed by atoms with Gasteiger partial charge in [0.15, 0.2) is 5.17 Å². The zero-order valence-corrected chi connectivity index (χ0v) is 11.1. The molecule has 2 aliphatic rings. The van der Waals surface area contributed by atoms with Crippen molar-refractivity contribution in [3.63, 3.8) is 0 Å². The maximum atomic E-state index is 11.9. The number of nitrogens with zero attached hydrogens (tertiary/aromatic N) is 3. The number of ether oxygens (including phenoxy) is 1. The number of carbonyl (C=O) groups is 1. The predicted molar refractivity (Wildman–Crippen MR) is 74.6 cm³/mol. The first-order chi connectivity index (χ1) is 9.33. The Morgan fingerprint density at radius 1 is 1.37 bits per heavy atom. The number of thioether (sulfide) groups is 1. The first-order valence-electron chi connectivity index (χ1n) is 6.08. The van der Waals surface area contributed by atoms with Crippen LogP contribution in [0.2, 0.25) is 0 Å². The fraction of sp³-hybridized carbons (Fsp3) is 0.308. The van der Waals surface area contributed by atoms with E-state index < -0.39 is 0 Å². The molecule has 1 aromatic heterocycles. The number of aliphatic imine (C=N–C) groups is 1. The smallest absolute Gasteiger partial charge is 0.286 e. The van der Waals surface area contributed by atoms with Crippen LogP contribution in [0.1, 0.15) is 5.56 Å². The standard InChI is InChI=1S/C13H13N3O2S/c17-12-11(8-10-2-1-3-14-9-10)19-13(15-12)16-4-6-18-7-5-16/h1-3,8-9H,4-7H2/b11-8+. The Balaban J connectivity index is 1.74. The molecule has 6 heteroatoms. The van der Waals surface area contributed by atoms with E-state index >= 15 is 0 Å². The summed E-state index contributed by atoms with van der Waals surface area (Å²) < 4.78 is 5.29. The third-order valence-corrected chi connectivity index (χ3v) is 3.92. The average Bonchev–Trinajstić information content (AvgIpc) is 2.82. The molecule has 0 radical (unpaired) electrons. The number of aromatic nitrogens is 1. The molecule has 0 saturated carbocycles. The van der Waals surface area contributed by atoms with Crippen LogP contribution in [0, 0.1) is 0 Å². The summed E-state index contributed by atoms with van der Waals surface area (Å²) in [6.07, 6.45) is 5.27. The van der Waals surface area contributed by atoms with Gasteiger partial charge in [-0.3, -0.25) is 9.78 Å². The predicted octanol–water partition coefficient (Wildman–Crippen LogP) is 1.38. The topological polar surface area (TPSA) is 54.8 Å². The minimum absolute atomic E-state index is 0.171. The molecule has 98 valence electrons. The minimum Gasteiger partial charge on any atom is -0.378 e. The summed E-state index contributed by atoms with van der Waals surface area (Å²) in [6, 6.07) is 3.76. The van der Waals surface area contributed by atoms with Crippen molar-refractivity contribution in [2.45, 2.75) is 0 Å². The molecule has 3 heterocycles. The van der Waals surface area contributed by atoms with E-state index in [4.69, 9.17) is 4.74 Å². The lowest BCUT2D eigenvalue weighted by Gasteiger charge is -2.27. The molecule has 19 heavy (non-hydrogen) atoms. The minimum atomic E-state index is -0.171. The SMILES string of the molecule is O=C1N=C(N2CCOCC2)S/C1=C/c1cccnc1. The number of amidine groups is 1. The number of hydrogen-bond acceptors (Lipinski definition) is 5. The van der Waals surface area contributed by atoms with Crippen LogP contribution in [0.4, 0.5) is 0 Å². The molecule has 0 spiro atoms. The van der Waals surface area contributed by atoms with Crippen LogP contribution in [-0.4, -0.2) is 47.3 Å². The summed E-state index contributed by atoms with van der Waals surface area (Å²) in [4.78, 5) is 22.8. The summed E-state index contributed by atoms with van der Waals surface area (Å²) in [5, 5.41) is 0.781. The third kappa shape index (κ3) is 2.85. The van der Waals surface area contributed by atoms with Gasteiger partial charge in [-0.15, -0.1) is 0 Å². The van der Waals surface area contributed by atoms with Gasteiger partial charge in [-0.2, -0.15) is 4.99 Å². The molecule has 1 aromatic rings. The zero-order valence-electron chi connectivity index (χ0n) is 10.3. The van der Waals surface area contributed by atoms with E-state index in [1.54, 1.807) is 12.4 Å². The molecular weight excluding hydrogens is 262 g/mol. The lowest BCUT2D eigenvalue weighted by Crippen LogP contribution is -2.38. The van der Waals surface area contributed by atoms with Crippen molar-refractivity contribution in [3.05, 3.63) is 35.0 Å². The molecule has 0 N–H and O–H groups in total. The normalized spacial score (nSPS) is 21.9. The lowest BCUT2D eigenvalue weighted by atomic mass is 10.2. The Hall–Kier alpha value is -1.66. The second-order valence-corrected chi connectivity index (χ2v) is 5.21. The Kier molecular flexibility index (Phi) is 3.61. The second kappa shape index (κ2) is 5.54.